The van der Waals surface area contributed by atoms with Crippen LogP contribution in [0.1, 0.15) is 34.6 Å². The van der Waals surface area contributed by atoms with Gasteiger partial charge >= 0.3 is 7.60 Å². The van der Waals surface area contributed by atoms with Gasteiger partial charge in [0.15, 0.2) is 5.28 Å². The standard InChI is InChI=1S/C10H22NO5P/c1-6-15-17(13,16-7-2)10(5)8-14-9(3,4)11(10)12/h12H,6-8H2,1-5H3. The second-order valence-electron chi connectivity index (χ2n) is 4.60. The molecule has 0 aromatic heterocycles. The minimum Gasteiger partial charge on any atom is -0.356 e. The van der Waals surface area contributed by atoms with Crippen molar-refractivity contribution in [1.82, 2.24) is 5.06 Å². The predicted molar refractivity (Wildman–Crippen MR) is 62.9 cm³/mol. The van der Waals surface area contributed by atoms with Crippen LogP contribution >= 0.6 is 7.60 Å². The van der Waals surface area contributed by atoms with Crippen LogP contribution in [0.5, 0.6) is 0 Å². The van der Waals surface area contributed by atoms with Crippen LogP contribution in [0.2, 0.25) is 0 Å². The van der Waals surface area contributed by atoms with Crippen molar-refractivity contribution >= 4 is 7.60 Å². The molecule has 0 aliphatic carbocycles. The van der Waals surface area contributed by atoms with Gasteiger partial charge in [-0.1, -0.05) is 0 Å². The predicted octanol–water partition coefficient (Wildman–Crippen LogP) is 2.43. The van der Waals surface area contributed by atoms with Gasteiger partial charge in [-0.05, 0) is 34.6 Å². The number of hydroxylamine groups is 2. The Kier molecular flexibility index (Phi) is 4.40. The maximum Gasteiger partial charge on any atom is 0.355 e. The quantitative estimate of drug-likeness (QED) is 0.771. The summed E-state index contributed by atoms with van der Waals surface area (Å²) in [7, 11) is -3.46. The van der Waals surface area contributed by atoms with E-state index in [4.69, 9.17) is 13.8 Å². The van der Waals surface area contributed by atoms with Gasteiger partial charge in [0.05, 0.1) is 19.8 Å². The summed E-state index contributed by atoms with van der Waals surface area (Å²) in [5.41, 5.74) is -0.904. The number of nitrogens with zero attached hydrogens (tertiary/aromatic N) is 1. The average Bonchev–Trinajstić information content (AvgIpc) is 2.45. The maximum atomic E-state index is 12.7. The molecule has 0 amide bonds. The van der Waals surface area contributed by atoms with Gasteiger partial charge in [-0.3, -0.25) is 4.57 Å². The molecule has 0 aromatic carbocycles. The molecule has 1 aliphatic heterocycles. The van der Waals surface area contributed by atoms with Gasteiger partial charge in [-0.15, -0.1) is 5.06 Å². The van der Waals surface area contributed by atoms with E-state index in [-0.39, 0.29) is 19.8 Å². The minimum absolute atomic E-state index is 0.0910. The van der Waals surface area contributed by atoms with Crippen molar-refractivity contribution in [3.63, 3.8) is 0 Å². The Labute approximate surface area is 102 Å². The third-order valence-corrected chi connectivity index (χ3v) is 5.55. The number of ether oxygens (including phenoxy) is 1. The van der Waals surface area contributed by atoms with E-state index in [2.05, 4.69) is 0 Å². The highest BCUT2D eigenvalue weighted by Crippen LogP contribution is 2.64. The molecule has 1 fully saturated rings. The summed E-state index contributed by atoms with van der Waals surface area (Å²) in [5.74, 6) is 0. The van der Waals surface area contributed by atoms with Gasteiger partial charge in [-0.25, -0.2) is 0 Å². The lowest BCUT2D eigenvalue weighted by molar-refractivity contribution is -0.226. The minimum atomic E-state index is -3.46. The Bertz CT molecular complexity index is 312. The Morgan fingerprint density at radius 3 is 2.06 bits per heavy atom. The summed E-state index contributed by atoms with van der Waals surface area (Å²) in [6.07, 6.45) is 0. The smallest absolute Gasteiger partial charge is 0.355 e. The first-order chi connectivity index (χ1) is 7.73. The van der Waals surface area contributed by atoms with Crippen LogP contribution in [-0.4, -0.2) is 41.1 Å². The molecule has 102 valence electrons. The van der Waals surface area contributed by atoms with Gasteiger partial charge in [-0.2, -0.15) is 0 Å². The van der Waals surface area contributed by atoms with Crippen molar-refractivity contribution in [2.45, 2.75) is 45.6 Å². The van der Waals surface area contributed by atoms with Gasteiger partial charge in [0.2, 0.25) is 0 Å². The lowest BCUT2D eigenvalue weighted by atomic mass is 10.3. The molecule has 1 aliphatic rings. The Morgan fingerprint density at radius 1 is 1.29 bits per heavy atom. The number of hydrogen-bond donors (Lipinski definition) is 1. The zero-order valence-electron chi connectivity index (χ0n) is 11.1. The van der Waals surface area contributed by atoms with E-state index in [1.54, 1.807) is 34.6 Å². The van der Waals surface area contributed by atoms with E-state index in [9.17, 15) is 9.77 Å². The summed E-state index contributed by atoms with van der Waals surface area (Å²) in [4.78, 5) is 0. The maximum absolute atomic E-state index is 12.7. The lowest BCUT2D eigenvalue weighted by Crippen LogP contribution is -2.49. The molecular formula is C10H22NO5P. The van der Waals surface area contributed by atoms with Gasteiger partial charge in [0.25, 0.3) is 0 Å². The highest BCUT2D eigenvalue weighted by molar-refractivity contribution is 7.55. The highest BCUT2D eigenvalue weighted by Gasteiger charge is 2.61. The van der Waals surface area contributed by atoms with Crippen molar-refractivity contribution in [3.05, 3.63) is 0 Å². The molecule has 0 saturated carbocycles. The molecule has 17 heavy (non-hydrogen) atoms. The fourth-order valence-corrected chi connectivity index (χ4v) is 3.87. The first-order valence-electron chi connectivity index (χ1n) is 5.76. The van der Waals surface area contributed by atoms with Crippen LogP contribution < -0.4 is 0 Å². The van der Waals surface area contributed by atoms with Crippen LogP contribution in [0, 0.1) is 0 Å². The Balaban J connectivity index is 3.06. The van der Waals surface area contributed by atoms with Crippen LogP contribution in [0.15, 0.2) is 0 Å². The monoisotopic (exact) mass is 267 g/mol. The fraction of sp³-hybridized carbons (Fsp3) is 1.00. The van der Waals surface area contributed by atoms with Gasteiger partial charge in [0.1, 0.15) is 5.72 Å². The molecule has 1 atom stereocenters. The van der Waals surface area contributed by atoms with E-state index in [0.29, 0.717) is 0 Å². The lowest BCUT2D eigenvalue weighted by Gasteiger charge is -2.37. The first-order valence-corrected chi connectivity index (χ1v) is 7.30. The van der Waals surface area contributed by atoms with Crippen molar-refractivity contribution in [1.29, 1.82) is 0 Å². The summed E-state index contributed by atoms with van der Waals surface area (Å²) in [6, 6.07) is 0. The molecule has 1 unspecified atom stereocenters. The van der Waals surface area contributed by atoms with Crippen LogP contribution in [0.3, 0.4) is 0 Å². The van der Waals surface area contributed by atoms with Crippen molar-refractivity contribution in [3.8, 4) is 0 Å². The zero-order valence-corrected chi connectivity index (χ0v) is 12.0. The Hall–Kier alpha value is 0.0300. The Morgan fingerprint density at radius 2 is 1.76 bits per heavy atom. The summed E-state index contributed by atoms with van der Waals surface area (Å²) in [5, 5.41) is 9.90. The summed E-state index contributed by atoms with van der Waals surface area (Å²) < 4.78 is 28.7. The molecule has 1 heterocycles. The molecule has 0 spiro atoms. The second-order valence-corrected chi connectivity index (χ2v) is 7.07. The largest absolute Gasteiger partial charge is 0.356 e. The highest BCUT2D eigenvalue weighted by atomic mass is 31.2. The van der Waals surface area contributed by atoms with E-state index in [0.717, 1.165) is 5.06 Å². The van der Waals surface area contributed by atoms with Crippen LogP contribution in [-0.2, 0) is 18.3 Å². The van der Waals surface area contributed by atoms with Crippen molar-refractivity contribution in [2.75, 3.05) is 19.8 Å². The molecule has 1 rings (SSSR count). The molecule has 6 nitrogen and oxygen atoms in total. The molecule has 1 saturated heterocycles. The molecule has 0 aromatic rings. The van der Waals surface area contributed by atoms with Crippen molar-refractivity contribution in [2.24, 2.45) is 0 Å². The zero-order chi connectivity index (χ0) is 13.3. The van der Waals surface area contributed by atoms with E-state index < -0.39 is 18.6 Å². The normalized spacial score (nSPS) is 29.8. The third-order valence-electron chi connectivity index (χ3n) is 2.85. The number of hydrogen-bond acceptors (Lipinski definition) is 6. The topological polar surface area (TPSA) is 68.2 Å². The summed E-state index contributed by atoms with van der Waals surface area (Å²) >= 11 is 0. The van der Waals surface area contributed by atoms with Gasteiger partial charge < -0.3 is 19.0 Å². The third kappa shape index (κ3) is 2.43. The van der Waals surface area contributed by atoms with Crippen molar-refractivity contribution < 1.29 is 23.6 Å². The first kappa shape index (κ1) is 15.1. The summed E-state index contributed by atoms with van der Waals surface area (Å²) in [6.45, 7) is 9.07. The van der Waals surface area contributed by atoms with E-state index in [1.807, 2.05) is 0 Å². The fourth-order valence-electron chi connectivity index (χ4n) is 1.87. The van der Waals surface area contributed by atoms with Gasteiger partial charge in [0, 0.05) is 0 Å². The molecule has 1 N–H and O–H groups in total. The van der Waals surface area contributed by atoms with E-state index in [1.165, 1.54) is 0 Å². The SMILES string of the molecule is CCOP(=O)(OCC)C1(C)COC(C)(C)N1O. The average molecular weight is 267 g/mol. The van der Waals surface area contributed by atoms with Crippen LogP contribution in [0.25, 0.3) is 0 Å². The molecule has 0 radical (unpaired) electrons. The van der Waals surface area contributed by atoms with Crippen LogP contribution in [0.4, 0.5) is 0 Å². The van der Waals surface area contributed by atoms with E-state index >= 15 is 0 Å². The molecule has 0 bridgehead atoms. The molecule has 7 heteroatoms. The second kappa shape index (κ2) is 4.96. The molecular weight excluding hydrogens is 245 g/mol. The number of rotatable bonds is 5.